The number of hydrogen-bond acceptors (Lipinski definition) is 0. The lowest BCUT2D eigenvalue weighted by molar-refractivity contribution is 1.21. The van der Waals surface area contributed by atoms with Gasteiger partial charge in [-0.05, 0) is 19.4 Å². The van der Waals surface area contributed by atoms with Crippen LogP contribution in [0, 0.1) is 5.92 Å². The van der Waals surface area contributed by atoms with E-state index in [1.807, 2.05) is 0 Å². The molecule has 0 saturated heterocycles. The molecule has 0 aliphatic heterocycles. The van der Waals surface area contributed by atoms with Crippen LogP contribution in [0.15, 0.2) is 59.3 Å². The molecule has 0 aromatic carbocycles. The van der Waals surface area contributed by atoms with Crippen LogP contribution in [0.1, 0.15) is 13.8 Å². The highest BCUT2D eigenvalue weighted by atomic mass is 14.2. The maximum Gasteiger partial charge on any atom is 0.0516 e. The molecule has 0 N–H and O–H groups in total. The standard InChI is InChI=1S/C13H13/c1-10-5-3-7-12-8-4-6-11(2)13(12)9-10/h3-9H,1-2H3. The number of allylic oxidation sites excluding steroid dienone is 10. The third-order valence-corrected chi connectivity index (χ3v) is 2.36. The molecule has 0 heterocycles. The van der Waals surface area contributed by atoms with Crippen molar-refractivity contribution in [2.45, 2.75) is 13.8 Å². The average Bonchev–Trinajstić information content (AvgIpc) is 2.28. The van der Waals surface area contributed by atoms with E-state index in [2.05, 4.69) is 56.4 Å². The van der Waals surface area contributed by atoms with Crippen LogP contribution in [0.4, 0.5) is 0 Å². The molecule has 1 radical (unpaired) electrons. The molecule has 0 atom stereocenters. The Morgan fingerprint density at radius 2 is 1.69 bits per heavy atom. The van der Waals surface area contributed by atoms with E-state index in [1.54, 1.807) is 0 Å². The first kappa shape index (κ1) is 8.31. The van der Waals surface area contributed by atoms with Gasteiger partial charge in [-0.25, -0.2) is 0 Å². The van der Waals surface area contributed by atoms with E-state index in [9.17, 15) is 0 Å². The van der Waals surface area contributed by atoms with E-state index in [1.165, 1.54) is 22.6 Å². The van der Waals surface area contributed by atoms with Crippen LogP contribution in [-0.4, -0.2) is 0 Å². The lowest BCUT2D eigenvalue weighted by Gasteiger charge is -2.16. The van der Waals surface area contributed by atoms with Crippen LogP contribution >= 0.6 is 0 Å². The fraction of sp³-hybridized carbons (Fsp3) is 0.154. The summed E-state index contributed by atoms with van der Waals surface area (Å²) in [6, 6.07) is 0. The van der Waals surface area contributed by atoms with E-state index < -0.39 is 0 Å². The Bertz CT molecular complexity index is 359. The number of fused-ring (bicyclic) bond motifs is 1. The Hall–Kier alpha value is -1.30. The van der Waals surface area contributed by atoms with Gasteiger partial charge in [0.25, 0.3) is 0 Å². The normalized spacial score (nSPS) is 21.5. The summed E-state index contributed by atoms with van der Waals surface area (Å²) in [6.07, 6.45) is 15.1. The van der Waals surface area contributed by atoms with Crippen LogP contribution < -0.4 is 0 Å². The van der Waals surface area contributed by atoms with Crippen molar-refractivity contribution < 1.29 is 0 Å². The largest absolute Gasteiger partial charge is 0.0655 e. The summed E-state index contributed by atoms with van der Waals surface area (Å²) in [7, 11) is 0. The molecule has 0 aromatic heterocycles. The van der Waals surface area contributed by atoms with Gasteiger partial charge in [0.1, 0.15) is 0 Å². The molecule has 0 unspecified atom stereocenters. The van der Waals surface area contributed by atoms with Crippen molar-refractivity contribution in [2.75, 3.05) is 0 Å². The van der Waals surface area contributed by atoms with Crippen molar-refractivity contribution in [3.05, 3.63) is 65.2 Å². The lowest BCUT2D eigenvalue weighted by atomic mass is 9.87. The monoisotopic (exact) mass is 169 g/mol. The summed E-state index contributed by atoms with van der Waals surface area (Å²) in [5.74, 6) is 1.35. The Morgan fingerprint density at radius 3 is 2.54 bits per heavy atom. The summed E-state index contributed by atoms with van der Waals surface area (Å²) < 4.78 is 0. The summed E-state index contributed by atoms with van der Waals surface area (Å²) in [5.41, 5.74) is 3.97. The minimum absolute atomic E-state index is 1.31. The van der Waals surface area contributed by atoms with Gasteiger partial charge in [0.05, 0.1) is 5.92 Å². The molecule has 2 rings (SSSR count). The van der Waals surface area contributed by atoms with Gasteiger partial charge in [-0.1, -0.05) is 53.7 Å². The SMILES string of the molecule is CC1=C[C]2C(C)=CC=CC2=CC=C1. The second kappa shape index (κ2) is 3.21. The molecule has 13 heavy (non-hydrogen) atoms. The summed E-state index contributed by atoms with van der Waals surface area (Å²) >= 11 is 0. The van der Waals surface area contributed by atoms with E-state index in [0.717, 1.165) is 0 Å². The maximum atomic E-state index is 2.24. The lowest BCUT2D eigenvalue weighted by Crippen LogP contribution is -2.01. The fourth-order valence-corrected chi connectivity index (χ4v) is 1.63. The minimum Gasteiger partial charge on any atom is -0.0655 e. The molecule has 0 fully saturated rings. The van der Waals surface area contributed by atoms with Gasteiger partial charge in [0, 0.05) is 0 Å². The smallest absolute Gasteiger partial charge is 0.0516 e. The van der Waals surface area contributed by atoms with Gasteiger partial charge in [0.2, 0.25) is 0 Å². The third kappa shape index (κ3) is 1.57. The summed E-state index contributed by atoms with van der Waals surface area (Å²) in [4.78, 5) is 0. The van der Waals surface area contributed by atoms with Gasteiger partial charge >= 0.3 is 0 Å². The van der Waals surface area contributed by atoms with Gasteiger partial charge in [-0.15, -0.1) is 0 Å². The quantitative estimate of drug-likeness (QED) is 0.520. The molecular formula is C13H13. The zero-order chi connectivity index (χ0) is 9.26. The van der Waals surface area contributed by atoms with E-state index >= 15 is 0 Å². The van der Waals surface area contributed by atoms with Crippen molar-refractivity contribution in [3.8, 4) is 0 Å². The van der Waals surface area contributed by atoms with E-state index in [4.69, 9.17) is 0 Å². The first-order valence-corrected chi connectivity index (χ1v) is 4.57. The Labute approximate surface area is 79.7 Å². The minimum atomic E-state index is 1.31. The van der Waals surface area contributed by atoms with Crippen LogP contribution in [0.25, 0.3) is 0 Å². The van der Waals surface area contributed by atoms with Crippen molar-refractivity contribution in [1.82, 2.24) is 0 Å². The Morgan fingerprint density at radius 1 is 0.923 bits per heavy atom. The van der Waals surface area contributed by atoms with E-state index in [-0.39, 0.29) is 0 Å². The molecule has 0 aromatic rings. The first-order valence-electron chi connectivity index (χ1n) is 4.57. The van der Waals surface area contributed by atoms with Crippen molar-refractivity contribution in [2.24, 2.45) is 0 Å². The molecule has 0 saturated carbocycles. The molecule has 0 nitrogen and oxygen atoms in total. The molecule has 0 spiro atoms. The first-order chi connectivity index (χ1) is 6.27. The van der Waals surface area contributed by atoms with Crippen molar-refractivity contribution in [1.29, 1.82) is 0 Å². The van der Waals surface area contributed by atoms with Gasteiger partial charge < -0.3 is 0 Å². The predicted octanol–water partition coefficient (Wildman–Crippen LogP) is 3.52. The zero-order valence-corrected chi connectivity index (χ0v) is 8.04. The number of hydrogen-bond donors (Lipinski definition) is 0. The molecule has 0 bridgehead atoms. The average molecular weight is 169 g/mol. The highest BCUT2D eigenvalue weighted by molar-refractivity contribution is 5.59. The summed E-state index contributed by atoms with van der Waals surface area (Å²) in [6.45, 7) is 4.29. The summed E-state index contributed by atoms with van der Waals surface area (Å²) in [5, 5.41) is 0. The molecule has 0 amide bonds. The van der Waals surface area contributed by atoms with Gasteiger partial charge in [-0.3, -0.25) is 0 Å². The molecule has 0 heteroatoms. The second-order valence-corrected chi connectivity index (χ2v) is 3.49. The molecule has 2 aliphatic carbocycles. The molecule has 2 aliphatic rings. The number of rotatable bonds is 0. The van der Waals surface area contributed by atoms with Crippen LogP contribution in [0.2, 0.25) is 0 Å². The Kier molecular flexibility index (Phi) is 2.05. The second-order valence-electron chi connectivity index (χ2n) is 3.49. The third-order valence-electron chi connectivity index (χ3n) is 2.36. The van der Waals surface area contributed by atoms with Crippen LogP contribution in [0.3, 0.4) is 0 Å². The van der Waals surface area contributed by atoms with E-state index in [0.29, 0.717) is 0 Å². The zero-order valence-electron chi connectivity index (χ0n) is 8.04. The maximum absolute atomic E-state index is 2.24. The predicted molar refractivity (Wildman–Crippen MR) is 57.1 cm³/mol. The van der Waals surface area contributed by atoms with Crippen molar-refractivity contribution in [3.63, 3.8) is 0 Å². The molecular weight excluding hydrogens is 156 g/mol. The van der Waals surface area contributed by atoms with Gasteiger partial charge in [0.15, 0.2) is 0 Å². The Balaban J connectivity index is 2.45. The molecule has 65 valence electrons. The van der Waals surface area contributed by atoms with Crippen LogP contribution in [0.5, 0.6) is 0 Å². The topological polar surface area (TPSA) is 0 Å². The fourth-order valence-electron chi connectivity index (χ4n) is 1.63. The highest BCUT2D eigenvalue weighted by Gasteiger charge is 2.15. The highest BCUT2D eigenvalue weighted by Crippen LogP contribution is 2.31. The van der Waals surface area contributed by atoms with Crippen molar-refractivity contribution >= 4 is 0 Å². The van der Waals surface area contributed by atoms with Gasteiger partial charge in [-0.2, -0.15) is 0 Å². The van der Waals surface area contributed by atoms with Crippen LogP contribution in [-0.2, 0) is 0 Å².